The Balaban J connectivity index is 2.17. The highest BCUT2D eigenvalue weighted by molar-refractivity contribution is 9.10. The molecule has 2 rings (SSSR count). The van der Waals surface area contributed by atoms with E-state index in [-0.39, 0.29) is 5.84 Å². The third kappa shape index (κ3) is 3.11. The molecule has 3 nitrogen and oxygen atoms in total. The highest BCUT2D eigenvalue weighted by Crippen LogP contribution is 2.23. The van der Waals surface area contributed by atoms with Crippen molar-refractivity contribution in [3.63, 3.8) is 0 Å². The number of nitrogens with two attached hydrogens (primary N) is 1. The molecule has 18 heavy (non-hydrogen) atoms. The average molecular weight is 305 g/mol. The molecule has 0 heterocycles. The first-order valence-electron chi connectivity index (χ1n) is 5.47. The van der Waals surface area contributed by atoms with Crippen molar-refractivity contribution in [2.75, 3.05) is 0 Å². The van der Waals surface area contributed by atoms with Crippen molar-refractivity contribution >= 4 is 21.8 Å². The maximum Gasteiger partial charge on any atom is 0.130 e. The Hall–Kier alpha value is -1.81. The summed E-state index contributed by atoms with van der Waals surface area (Å²) >= 11 is 3.35. The van der Waals surface area contributed by atoms with Crippen LogP contribution >= 0.6 is 15.9 Å². The number of amidine groups is 1. The number of ether oxygens (including phenoxy) is 1. The molecule has 0 fully saturated rings. The maximum absolute atomic E-state index is 7.53. The number of halogens is 1. The molecular weight excluding hydrogens is 292 g/mol. The fourth-order valence-corrected chi connectivity index (χ4v) is 1.93. The van der Waals surface area contributed by atoms with Crippen LogP contribution in [0.15, 0.2) is 53.0 Å². The Bertz CT molecular complexity index is 555. The minimum absolute atomic E-state index is 0.000591. The number of hydrogen-bond donors (Lipinski definition) is 2. The lowest BCUT2D eigenvalue weighted by molar-refractivity contribution is 0.305. The van der Waals surface area contributed by atoms with Gasteiger partial charge in [0.05, 0.1) is 5.56 Å². The number of hydrogen-bond acceptors (Lipinski definition) is 2. The lowest BCUT2D eigenvalue weighted by Crippen LogP contribution is -2.13. The van der Waals surface area contributed by atoms with Crippen LogP contribution < -0.4 is 10.5 Å². The van der Waals surface area contributed by atoms with E-state index in [1.807, 2.05) is 42.5 Å². The minimum Gasteiger partial charge on any atom is -0.488 e. The SMILES string of the molecule is N=C(N)c1cc(Br)ccc1OCc1ccccc1. The van der Waals surface area contributed by atoms with Crippen LogP contribution in [0.25, 0.3) is 0 Å². The molecule has 3 N–H and O–H groups in total. The molecule has 0 saturated heterocycles. The van der Waals surface area contributed by atoms with Crippen LogP contribution in [0.5, 0.6) is 5.75 Å². The summed E-state index contributed by atoms with van der Waals surface area (Å²) in [5.74, 6) is 0.619. The molecule has 0 radical (unpaired) electrons. The largest absolute Gasteiger partial charge is 0.488 e. The van der Waals surface area contributed by atoms with Crippen molar-refractivity contribution in [3.05, 3.63) is 64.1 Å². The standard InChI is InChI=1S/C14H13BrN2O/c15-11-6-7-13(12(8-11)14(16)17)18-9-10-4-2-1-3-5-10/h1-8H,9H2,(H3,16,17). The van der Waals surface area contributed by atoms with Gasteiger partial charge in [0.2, 0.25) is 0 Å². The molecule has 0 aliphatic heterocycles. The molecular formula is C14H13BrN2O. The lowest BCUT2D eigenvalue weighted by Gasteiger charge is -2.11. The second-order valence-electron chi connectivity index (χ2n) is 3.83. The van der Waals surface area contributed by atoms with Gasteiger partial charge in [0.25, 0.3) is 0 Å². The van der Waals surface area contributed by atoms with E-state index >= 15 is 0 Å². The Morgan fingerprint density at radius 3 is 2.56 bits per heavy atom. The minimum atomic E-state index is -0.000591. The molecule has 92 valence electrons. The van der Waals surface area contributed by atoms with Crippen molar-refractivity contribution in [2.24, 2.45) is 5.73 Å². The fourth-order valence-electron chi connectivity index (χ4n) is 1.57. The van der Waals surface area contributed by atoms with E-state index < -0.39 is 0 Å². The van der Waals surface area contributed by atoms with Gasteiger partial charge in [0, 0.05) is 4.47 Å². The summed E-state index contributed by atoms with van der Waals surface area (Å²) in [6.07, 6.45) is 0. The van der Waals surface area contributed by atoms with Crippen molar-refractivity contribution < 1.29 is 4.74 Å². The van der Waals surface area contributed by atoms with Crippen molar-refractivity contribution in [1.82, 2.24) is 0 Å². The van der Waals surface area contributed by atoms with Crippen LogP contribution in [0.3, 0.4) is 0 Å². The zero-order valence-corrected chi connectivity index (χ0v) is 11.3. The first-order valence-corrected chi connectivity index (χ1v) is 6.27. The Kier molecular flexibility index (Phi) is 3.99. The number of benzene rings is 2. The summed E-state index contributed by atoms with van der Waals surface area (Å²) in [7, 11) is 0. The van der Waals surface area contributed by atoms with Gasteiger partial charge in [-0.25, -0.2) is 0 Å². The van der Waals surface area contributed by atoms with Crippen LogP contribution in [-0.4, -0.2) is 5.84 Å². The van der Waals surface area contributed by atoms with Crippen LogP contribution in [-0.2, 0) is 6.61 Å². The molecule has 0 aliphatic rings. The van der Waals surface area contributed by atoms with Gasteiger partial charge >= 0.3 is 0 Å². The van der Waals surface area contributed by atoms with E-state index in [0.717, 1.165) is 10.0 Å². The van der Waals surface area contributed by atoms with Crippen LogP contribution in [0, 0.1) is 5.41 Å². The molecule has 0 saturated carbocycles. The van der Waals surface area contributed by atoms with Gasteiger partial charge in [-0.1, -0.05) is 46.3 Å². The molecule has 0 spiro atoms. The zero-order valence-electron chi connectivity index (χ0n) is 9.69. The summed E-state index contributed by atoms with van der Waals surface area (Å²) in [5.41, 5.74) is 7.21. The summed E-state index contributed by atoms with van der Waals surface area (Å²) in [6, 6.07) is 15.3. The van der Waals surface area contributed by atoms with E-state index in [2.05, 4.69) is 15.9 Å². The summed E-state index contributed by atoms with van der Waals surface area (Å²) < 4.78 is 6.57. The molecule has 4 heteroatoms. The second-order valence-corrected chi connectivity index (χ2v) is 4.74. The second kappa shape index (κ2) is 5.69. The fraction of sp³-hybridized carbons (Fsp3) is 0.0714. The summed E-state index contributed by atoms with van der Waals surface area (Å²) in [4.78, 5) is 0. The predicted molar refractivity (Wildman–Crippen MR) is 75.9 cm³/mol. The smallest absolute Gasteiger partial charge is 0.130 e. The van der Waals surface area contributed by atoms with Crippen LogP contribution in [0.1, 0.15) is 11.1 Å². The number of rotatable bonds is 4. The van der Waals surface area contributed by atoms with E-state index in [1.54, 1.807) is 6.07 Å². The van der Waals surface area contributed by atoms with E-state index in [4.69, 9.17) is 15.9 Å². The van der Waals surface area contributed by atoms with Crippen LogP contribution in [0.2, 0.25) is 0 Å². The third-order valence-electron chi connectivity index (χ3n) is 2.47. The average Bonchev–Trinajstić information content (AvgIpc) is 2.38. The molecule has 0 bridgehead atoms. The van der Waals surface area contributed by atoms with Crippen molar-refractivity contribution in [3.8, 4) is 5.75 Å². The Labute approximate surface area is 114 Å². The monoisotopic (exact) mass is 304 g/mol. The first-order chi connectivity index (χ1) is 8.66. The number of nitrogen functional groups attached to an aromatic ring is 1. The van der Waals surface area contributed by atoms with Gasteiger partial charge in [-0.05, 0) is 23.8 Å². The van der Waals surface area contributed by atoms with Gasteiger partial charge in [-0.15, -0.1) is 0 Å². The van der Waals surface area contributed by atoms with Crippen LogP contribution in [0.4, 0.5) is 0 Å². The quantitative estimate of drug-likeness (QED) is 0.672. The molecule has 0 aliphatic carbocycles. The molecule has 0 amide bonds. The maximum atomic E-state index is 7.53. The predicted octanol–water partition coefficient (Wildman–Crippen LogP) is 3.31. The first kappa shape index (κ1) is 12.6. The highest BCUT2D eigenvalue weighted by Gasteiger charge is 2.07. The zero-order chi connectivity index (χ0) is 13.0. The number of nitrogens with one attached hydrogen (secondary N) is 1. The molecule has 0 atom stereocenters. The van der Waals surface area contributed by atoms with Gasteiger partial charge in [0.15, 0.2) is 0 Å². The molecule has 2 aromatic carbocycles. The van der Waals surface area contributed by atoms with E-state index in [0.29, 0.717) is 17.9 Å². The third-order valence-corrected chi connectivity index (χ3v) is 2.96. The molecule has 2 aromatic rings. The topological polar surface area (TPSA) is 59.1 Å². The molecule has 0 aromatic heterocycles. The van der Waals surface area contributed by atoms with E-state index in [1.165, 1.54) is 0 Å². The highest BCUT2D eigenvalue weighted by atomic mass is 79.9. The lowest BCUT2D eigenvalue weighted by atomic mass is 10.2. The van der Waals surface area contributed by atoms with E-state index in [9.17, 15) is 0 Å². The van der Waals surface area contributed by atoms with Crippen molar-refractivity contribution in [2.45, 2.75) is 6.61 Å². The summed E-state index contributed by atoms with van der Waals surface area (Å²) in [5, 5.41) is 7.53. The normalized spacial score (nSPS) is 10.1. The Morgan fingerprint density at radius 2 is 1.89 bits per heavy atom. The van der Waals surface area contributed by atoms with Gasteiger partial charge in [0.1, 0.15) is 18.2 Å². The van der Waals surface area contributed by atoms with Gasteiger partial charge < -0.3 is 10.5 Å². The molecule has 0 unspecified atom stereocenters. The van der Waals surface area contributed by atoms with Crippen molar-refractivity contribution in [1.29, 1.82) is 5.41 Å². The summed E-state index contributed by atoms with van der Waals surface area (Å²) in [6.45, 7) is 0.461. The van der Waals surface area contributed by atoms with Gasteiger partial charge in [-0.2, -0.15) is 0 Å². The Morgan fingerprint density at radius 1 is 1.17 bits per heavy atom. The van der Waals surface area contributed by atoms with Gasteiger partial charge in [-0.3, -0.25) is 5.41 Å².